The van der Waals surface area contributed by atoms with Crippen molar-refractivity contribution in [3.63, 3.8) is 0 Å². The summed E-state index contributed by atoms with van der Waals surface area (Å²) in [5.74, 6) is 0.912. The van der Waals surface area contributed by atoms with E-state index in [4.69, 9.17) is 4.74 Å². The smallest absolute Gasteiger partial charge is 0.146 e. The number of rotatable bonds is 2. The standard InChI is InChI=1S/C10H10N2OS.ClH/c1-2-8(13-7-4-11-5-7)10-9(3-1)14-6-12-10;/h1-3,6-7,11H,4-5H2;1H. The molecular formula is C10H11ClN2OS. The molecule has 1 fully saturated rings. The molecule has 15 heavy (non-hydrogen) atoms. The molecule has 0 unspecified atom stereocenters. The molecule has 0 bridgehead atoms. The van der Waals surface area contributed by atoms with Crippen LogP contribution in [-0.2, 0) is 0 Å². The average Bonchev–Trinajstić information content (AvgIpc) is 2.59. The fourth-order valence-electron chi connectivity index (χ4n) is 1.48. The van der Waals surface area contributed by atoms with E-state index in [9.17, 15) is 0 Å². The zero-order valence-electron chi connectivity index (χ0n) is 7.97. The monoisotopic (exact) mass is 242 g/mol. The van der Waals surface area contributed by atoms with Gasteiger partial charge >= 0.3 is 0 Å². The number of benzene rings is 1. The molecular weight excluding hydrogens is 232 g/mol. The van der Waals surface area contributed by atoms with E-state index < -0.39 is 0 Å². The quantitative estimate of drug-likeness (QED) is 0.876. The van der Waals surface area contributed by atoms with Gasteiger partial charge in [-0.25, -0.2) is 4.98 Å². The van der Waals surface area contributed by atoms with Crippen LogP contribution in [0.4, 0.5) is 0 Å². The zero-order valence-corrected chi connectivity index (χ0v) is 9.61. The van der Waals surface area contributed by atoms with Gasteiger partial charge in [-0.1, -0.05) is 6.07 Å². The first-order valence-electron chi connectivity index (χ1n) is 4.63. The molecule has 3 nitrogen and oxygen atoms in total. The lowest BCUT2D eigenvalue weighted by molar-refractivity contribution is 0.144. The Kier molecular flexibility index (Phi) is 3.09. The Morgan fingerprint density at radius 3 is 3.00 bits per heavy atom. The predicted molar refractivity (Wildman–Crippen MR) is 64.2 cm³/mol. The van der Waals surface area contributed by atoms with E-state index in [0.29, 0.717) is 6.10 Å². The Labute approximate surface area is 97.9 Å². The third-order valence-electron chi connectivity index (χ3n) is 2.36. The summed E-state index contributed by atoms with van der Waals surface area (Å²) in [6.45, 7) is 1.89. The first-order valence-corrected chi connectivity index (χ1v) is 5.51. The van der Waals surface area contributed by atoms with E-state index in [2.05, 4.69) is 16.4 Å². The van der Waals surface area contributed by atoms with E-state index in [-0.39, 0.29) is 12.4 Å². The highest BCUT2D eigenvalue weighted by atomic mass is 35.5. The number of fused-ring (bicyclic) bond motifs is 1. The summed E-state index contributed by atoms with van der Waals surface area (Å²) >= 11 is 1.65. The molecule has 80 valence electrons. The van der Waals surface area contributed by atoms with Crippen molar-refractivity contribution in [2.45, 2.75) is 6.10 Å². The van der Waals surface area contributed by atoms with Crippen LogP contribution in [-0.4, -0.2) is 24.2 Å². The Balaban J connectivity index is 0.000000853. The number of nitrogens with zero attached hydrogens (tertiary/aromatic N) is 1. The van der Waals surface area contributed by atoms with Crippen LogP contribution < -0.4 is 10.1 Å². The SMILES string of the molecule is Cl.c1cc(OC2CNC2)c2ncsc2c1. The van der Waals surface area contributed by atoms with Crippen LogP contribution in [0.15, 0.2) is 23.7 Å². The summed E-state index contributed by atoms with van der Waals surface area (Å²) in [6, 6.07) is 6.07. The maximum Gasteiger partial charge on any atom is 0.146 e. The lowest BCUT2D eigenvalue weighted by atomic mass is 10.2. The molecule has 0 spiro atoms. The minimum absolute atomic E-state index is 0. The maximum absolute atomic E-state index is 5.80. The van der Waals surface area contributed by atoms with Crippen LogP contribution in [0.5, 0.6) is 5.75 Å². The minimum atomic E-state index is 0. The van der Waals surface area contributed by atoms with Gasteiger partial charge in [0.15, 0.2) is 0 Å². The number of aromatic nitrogens is 1. The molecule has 0 saturated carbocycles. The summed E-state index contributed by atoms with van der Waals surface area (Å²) in [4.78, 5) is 4.30. The van der Waals surface area contributed by atoms with Gasteiger partial charge in [-0.15, -0.1) is 23.7 Å². The normalized spacial score (nSPS) is 15.7. The van der Waals surface area contributed by atoms with Crippen molar-refractivity contribution in [2.75, 3.05) is 13.1 Å². The second kappa shape index (κ2) is 4.35. The fourth-order valence-corrected chi connectivity index (χ4v) is 2.17. The average molecular weight is 243 g/mol. The summed E-state index contributed by atoms with van der Waals surface area (Å²) in [7, 11) is 0. The Bertz CT molecular complexity index is 455. The number of thiazole rings is 1. The second-order valence-electron chi connectivity index (χ2n) is 3.35. The highest BCUT2D eigenvalue weighted by molar-refractivity contribution is 7.16. The summed E-state index contributed by atoms with van der Waals surface area (Å²) in [5, 5.41) is 3.18. The highest BCUT2D eigenvalue weighted by Crippen LogP contribution is 2.27. The first kappa shape index (κ1) is 10.7. The van der Waals surface area contributed by atoms with Gasteiger partial charge in [0.2, 0.25) is 0 Å². The molecule has 0 aliphatic carbocycles. The number of nitrogens with one attached hydrogen (secondary N) is 1. The second-order valence-corrected chi connectivity index (χ2v) is 4.24. The van der Waals surface area contributed by atoms with Crippen molar-refractivity contribution < 1.29 is 4.74 Å². The zero-order chi connectivity index (χ0) is 9.38. The van der Waals surface area contributed by atoms with E-state index in [1.807, 2.05) is 17.6 Å². The molecule has 1 saturated heterocycles. The molecule has 0 amide bonds. The molecule has 1 aromatic heterocycles. The summed E-state index contributed by atoms with van der Waals surface area (Å²) < 4.78 is 6.99. The van der Waals surface area contributed by atoms with Crippen molar-refractivity contribution in [2.24, 2.45) is 0 Å². The third kappa shape index (κ3) is 1.93. The lowest BCUT2D eigenvalue weighted by Crippen LogP contribution is -2.50. The third-order valence-corrected chi connectivity index (χ3v) is 3.16. The number of hydrogen-bond donors (Lipinski definition) is 1. The lowest BCUT2D eigenvalue weighted by Gasteiger charge is -2.27. The van der Waals surface area contributed by atoms with Crippen LogP contribution in [0.25, 0.3) is 10.2 Å². The van der Waals surface area contributed by atoms with Gasteiger partial charge in [-0.05, 0) is 12.1 Å². The van der Waals surface area contributed by atoms with Crippen molar-refractivity contribution in [3.05, 3.63) is 23.7 Å². The summed E-state index contributed by atoms with van der Waals surface area (Å²) in [5.41, 5.74) is 2.85. The van der Waals surface area contributed by atoms with Gasteiger partial charge in [-0.2, -0.15) is 0 Å². The van der Waals surface area contributed by atoms with Crippen LogP contribution in [0.3, 0.4) is 0 Å². The van der Waals surface area contributed by atoms with Gasteiger partial charge < -0.3 is 10.1 Å². The number of para-hydroxylation sites is 1. The molecule has 1 N–H and O–H groups in total. The van der Waals surface area contributed by atoms with Crippen molar-refractivity contribution >= 4 is 34.0 Å². The highest BCUT2D eigenvalue weighted by Gasteiger charge is 2.19. The largest absolute Gasteiger partial charge is 0.485 e. The van der Waals surface area contributed by atoms with Crippen LogP contribution in [0.1, 0.15) is 0 Å². The van der Waals surface area contributed by atoms with E-state index in [1.165, 1.54) is 4.70 Å². The van der Waals surface area contributed by atoms with Gasteiger partial charge in [0.05, 0.1) is 10.2 Å². The molecule has 0 atom stereocenters. The molecule has 2 aromatic rings. The molecule has 1 aliphatic heterocycles. The molecule has 1 aliphatic rings. The first-order chi connectivity index (χ1) is 6.93. The molecule has 3 rings (SSSR count). The predicted octanol–water partition coefficient (Wildman–Crippen LogP) is 2.07. The van der Waals surface area contributed by atoms with Gasteiger partial charge in [0.1, 0.15) is 17.4 Å². The van der Waals surface area contributed by atoms with Crippen LogP contribution in [0, 0.1) is 0 Å². The van der Waals surface area contributed by atoms with E-state index in [1.54, 1.807) is 11.3 Å². The van der Waals surface area contributed by atoms with Gasteiger partial charge in [0.25, 0.3) is 0 Å². The summed E-state index contributed by atoms with van der Waals surface area (Å²) in [6.07, 6.45) is 0.322. The van der Waals surface area contributed by atoms with Crippen molar-refractivity contribution in [1.82, 2.24) is 10.3 Å². The van der Waals surface area contributed by atoms with Crippen LogP contribution in [0.2, 0.25) is 0 Å². The topological polar surface area (TPSA) is 34.1 Å². The van der Waals surface area contributed by atoms with Gasteiger partial charge in [0, 0.05) is 13.1 Å². The van der Waals surface area contributed by atoms with Gasteiger partial charge in [-0.3, -0.25) is 0 Å². The molecule has 1 aromatic carbocycles. The Morgan fingerprint density at radius 1 is 1.40 bits per heavy atom. The number of halogens is 1. The minimum Gasteiger partial charge on any atom is -0.485 e. The van der Waals surface area contributed by atoms with Crippen LogP contribution >= 0.6 is 23.7 Å². The molecule has 2 heterocycles. The molecule has 0 radical (unpaired) electrons. The van der Waals surface area contributed by atoms with Crippen molar-refractivity contribution in [1.29, 1.82) is 0 Å². The number of ether oxygens (including phenoxy) is 1. The van der Waals surface area contributed by atoms with E-state index >= 15 is 0 Å². The van der Waals surface area contributed by atoms with E-state index in [0.717, 1.165) is 24.4 Å². The Hall–Kier alpha value is -0.840. The fraction of sp³-hybridized carbons (Fsp3) is 0.300. The number of hydrogen-bond acceptors (Lipinski definition) is 4. The molecule has 5 heteroatoms. The Morgan fingerprint density at radius 2 is 2.27 bits per heavy atom. The maximum atomic E-state index is 5.80. The van der Waals surface area contributed by atoms with Crippen molar-refractivity contribution in [3.8, 4) is 5.75 Å².